The maximum atomic E-state index is 10.0. The average molecular weight is 116 g/mol. The van der Waals surface area contributed by atoms with Gasteiger partial charge in [-0.1, -0.05) is 4.91 Å². The van der Waals surface area contributed by atoms with Crippen molar-refractivity contribution in [2.75, 3.05) is 0 Å². The monoisotopic (exact) mass is 116 g/mol. The molecule has 0 aliphatic carbocycles. The molecule has 0 aromatic carbocycles. The topological polar surface area (TPSA) is 79.3 Å². The molecule has 0 aliphatic rings. The number of rotatable bonds is 1. The highest BCUT2D eigenvalue weighted by Gasteiger charge is 2.02. The van der Waals surface area contributed by atoms with Gasteiger partial charge in [0.2, 0.25) is 0 Å². The Labute approximate surface area is 42.6 Å². The van der Waals surface area contributed by atoms with Crippen molar-refractivity contribution in [2.24, 2.45) is 5.29 Å². The molecule has 6 heteroatoms. The summed E-state index contributed by atoms with van der Waals surface area (Å²) in [4.78, 5) is 20.2. The van der Waals surface area contributed by atoms with Crippen LogP contribution in [0.15, 0.2) is 20.8 Å². The Morgan fingerprint density at radius 2 is 2.62 bits per heavy atom. The van der Waals surface area contributed by atoms with Gasteiger partial charge in [0.1, 0.15) is 4.79 Å². The van der Waals surface area contributed by atoms with Gasteiger partial charge in [0.25, 0.3) is 5.29 Å². The zero-order valence-corrected chi connectivity index (χ0v) is 3.70. The normalized spacial score (nSPS) is 9.00. The van der Waals surface area contributed by atoms with Crippen LogP contribution in [0.1, 0.15) is 0 Å². The molecule has 0 spiro atoms. The van der Waals surface area contributed by atoms with E-state index in [0.717, 1.165) is 6.20 Å². The third-order valence-corrected chi connectivity index (χ3v) is 0.555. The van der Waals surface area contributed by atoms with E-state index in [1.165, 1.54) is 0 Å². The smallest absolute Gasteiger partial charge is 0.281 e. The maximum absolute atomic E-state index is 10.0. The van der Waals surface area contributed by atoms with Gasteiger partial charge < -0.3 is 0 Å². The van der Waals surface area contributed by atoms with Crippen LogP contribution in [0.2, 0.25) is 0 Å². The molecule has 0 amide bonds. The molecular weight excluding hydrogens is 114 g/mol. The van der Waals surface area contributed by atoms with Crippen LogP contribution < -0.4 is 10.4 Å². The zero-order valence-electron chi connectivity index (χ0n) is 3.70. The molecule has 0 saturated heterocycles. The zero-order chi connectivity index (χ0) is 5.98. The maximum Gasteiger partial charge on any atom is 0.430 e. The fourth-order valence-electron chi connectivity index (χ4n) is 0.285. The van der Waals surface area contributed by atoms with Crippen LogP contribution in [0.3, 0.4) is 0 Å². The molecule has 1 aromatic heterocycles. The molecule has 0 unspecified atom stereocenters. The van der Waals surface area contributed by atoms with Gasteiger partial charge >= 0.3 is 11.8 Å². The molecule has 8 heavy (non-hydrogen) atoms. The Bertz CT molecular complexity index is 235. The molecule has 0 radical (unpaired) electrons. The summed E-state index contributed by atoms with van der Waals surface area (Å²) in [6, 6.07) is 0. The summed E-state index contributed by atoms with van der Waals surface area (Å²) < 4.78 is 4.04. The standard InChI is InChI=1S/C2HN3O3/c6-2-1-5(3-7)4-8-2/h1H/p+1. The van der Waals surface area contributed by atoms with E-state index in [4.69, 9.17) is 0 Å². The van der Waals surface area contributed by atoms with Crippen molar-refractivity contribution in [3.63, 3.8) is 0 Å². The predicted octanol–water partition coefficient (Wildman–Crippen LogP) is -1.22. The molecule has 0 bridgehead atoms. The summed E-state index contributed by atoms with van der Waals surface area (Å²) in [5.74, 6) is 0. The summed E-state index contributed by atoms with van der Waals surface area (Å²) in [5.41, 5.74) is -0.635. The highest BCUT2D eigenvalue weighted by Crippen LogP contribution is 1.54. The molecule has 1 heterocycles. The van der Waals surface area contributed by atoms with Crippen molar-refractivity contribution in [1.82, 2.24) is 5.27 Å². The van der Waals surface area contributed by atoms with E-state index in [1.807, 2.05) is 5.27 Å². The number of hydrogen-bond donors (Lipinski definition) is 1. The van der Waals surface area contributed by atoms with E-state index in [1.54, 1.807) is 0 Å². The average Bonchev–Trinajstić information content (AvgIpc) is 2.14. The minimum Gasteiger partial charge on any atom is -0.281 e. The molecular formula is C2H2N3O3+. The van der Waals surface area contributed by atoms with Crippen LogP contribution in [0, 0.1) is 4.91 Å². The molecule has 0 saturated carbocycles. The molecule has 42 valence electrons. The first-order chi connectivity index (χ1) is 3.83. The number of aromatic amines is 1. The van der Waals surface area contributed by atoms with Crippen molar-refractivity contribution < 1.29 is 9.31 Å². The van der Waals surface area contributed by atoms with Crippen molar-refractivity contribution in [3.8, 4) is 0 Å². The minimum atomic E-state index is -0.635. The Morgan fingerprint density at radius 3 is 2.88 bits per heavy atom. The number of H-pyrrole nitrogens is 1. The largest absolute Gasteiger partial charge is 0.430 e. The summed E-state index contributed by atoms with van der Waals surface area (Å²) in [7, 11) is 0. The molecule has 1 N–H and O–H groups in total. The third-order valence-electron chi connectivity index (χ3n) is 0.555. The van der Waals surface area contributed by atoms with Crippen molar-refractivity contribution >= 4 is 0 Å². The Morgan fingerprint density at radius 1 is 1.88 bits per heavy atom. The van der Waals surface area contributed by atoms with Crippen LogP contribution >= 0.6 is 0 Å². The fourth-order valence-corrected chi connectivity index (χ4v) is 0.285. The lowest BCUT2D eigenvalue weighted by atomic mass is 11.0. The van der Waals surface area contributed by atoms with Crippen LogP contribution in [-0.4, -0.2) is 5.27 Å². The second-order valence-corrected chi connectivity index (χ2v) is 1.07. The van der Waals surface area contributed by atoms with E-state index in [-0.39, 0.29) is 0 Å². The summed E-state index contributed by atoms with van der Waals surface area (Å²) in [6.07, 6.45) is 0.882. The fraction of sp³-hybridized carbons (Fsp3) is 0. The number of nitroso groups, excluding NO2 is 1. The highest BCUT2D eigenvalue weighted by atomic mass is 16.5. The van der Waals surface area contributed by atoms with Gasteiger partial charge in [-0.2, -0.15) is 0 Å². The van der Waals surface area contributed by atoms with Gasteiger partial charge in [-0.25, -0.2) is 4.79 Å². The quantitative estimate of drug-likeness (QED) is 0.369. The molecule has 0 aliphatic heterocycles. The van der Waals surface area contributed by atoms with E-state index < -0.39 is 5.63 Å². The summed E-state index contributed by atoms with van der Waals surface area (Å²) in [6.45, 7) is 0. The Kier molecular flexibility index (Phi) is 0.918. The minimum absolute atomic E-state index is 0.627. The van der Waals surface area contributed by atoms with Crippen LogP contribution in [0.4, 0.5) is 0 Å². The van der Waals surface area contributed by atoms with Crippen molar-refractivity contribution in [2.45, 2.75) is 0 Å². The molecule has 1 rings (SSSR count). The lowest BCUT2D eigenvalue weighted by Crippen LogP contribution is -2.27. The Balaban J connectivity index is 3.18. The predicted molar refractivity (Wildman–Crippen MR) is 20.7 cm³/mol. The van der Waals surface area contributed by atoms with Crippen LogP contribution in [-0.2, 0) is 0 Å². The summed E-state index contributed by atoms with van der Waals surface area (Å²) in [5, 5.41) is 4.21. The van der Waals surface area contributed by atoms with E-state index in [2.05, 4.69) is 9.81 Å². The van der Waals surface area contributed by atoms with Gasteiger partial charge in [-0.3, -0.25) is 4.52 Å². The number of nitrogens with one attached hydrogen (secondary N) is 1. The SMILES string of the molecule is O=N[n+]1cc(=O)o[nH]1. The molecule has 6 nitrogen and oxygen atoms in total. The van der Waals surface area contributed by atoms with Gasteiger partial charge in [0.15, 0.2) is 0 Å². The lowest BCUT2D eigenvalue weighted by Gasteiger charge is -1.56. The molecule has 1 aromatic rings. The van der Waals surface area contributed by atoms with Crippen LogP contribution in [0.25, 0.3) is 0 Å². The van der Waals surface area contributed by atoms with E-state index >= 15 is 0 Å². The first kappa shape index (κ1) is 4.69. The van der Waals surface area contributed by atoms with E-state index in [0.29, 0.717) is 4.79 Å². The van der Waals surface area contributed by atoms with Crippen molar-refractivity contribution in [3.05, 3.63) is 21.5 Å². The number of hydrogen-bond acceptors (Lipinski definition) is 4. The van der Waals surface area contributed by atoms with E-state index in [9.17, 15) is 9.70 Å². The highest BCUT2D eigenvalue weighted by molar-refractivity contribution is 4.47. The first-order valence-corrected chi connectivity index (χ1v) is 1.77. The molecule has 0 fully saturated rings. The first-order valence-electron chi connectivity index (χ1n) is 1.77. The second-order valence-electron chi connectivity index (χ2n) is 1.07. The van der Waals surface area contributed by atoms with Gasteiger partial charge in [-0.05, 0) is 0 Å². The Hall–Kier alpha value is -1.46. The number of nitrogens with zero attached hydrogens (tertiary/aromatic N) is 2. The van der Waals surface area contributed by atoms with Gasteiger partial charge in [-0.15, -0.1) is 0 Å². The number of aromatic nitrogens is 2. The van der Waals surface area contributed by atoms with Crippen LogP contribution in [0.5, 0.6) is 0 Å². The second kappa shape index (κ2) is 1.57. The van der Waals surface area contributed by atoms with Gasteiger partial charge in [0, 0.05) is 5.27 Å². The van der Waals surface area contributed by atoms with Crippen molar-refractivity contribution in [1.29, 1.82) is 0 Å². The summed E-state index contributed by atoms with van der Waals surface area (Å²) >= 11 is 0. The lowest BCUT2D eigenvalue weighted by molar-refractivity contribution is -0.748. The molecule has 0 atom stereocenters. The third kappa shape index (κ3) is 0.625. The van der Waals surface area contributed by atoms with Gasteiger partial charge in [0.05, 0.1) is 0 Å².